The summed E-state index contributed by atoms with van der Waals surface area (Å²) in [6, 6.07) is 8.18. The van der Waals surface area contributed by atoms with Gasteiger partial charge >= 0.3 is 5.97 Å². The summed E-state index contributed by atoms with van der Waals surface area (Å²) >= 11 is 1.69. The molecule has 1 aromatic rings. The molecule has 0 aliphatic carbocycles. The quantitative estimate of drug-likeness (QED) is 0.716. The SMILES string of the molecule is Cc1ccc(C2OC3=C(COC3=O)CS2)cc1. The Hall–Kier alpha value is -1.42. The molecule has 0 radical (unpaired) electrons. The Balaban J connectivity index is 1.84. The number of aryl methyl sites for hydroxylation is 1. The highest BCUT2D eigenvalue weighted by atomic mass is 32.2. The van der Waals surface area contributed by atoms with Gasteiger partial charge in [0, 0.05) is 16.9 Å². The number of carbonyl (C=O) groups excluding carboxylic acids is 1. The number of hydrogen-bond donors (Lipinski definition) is 0. The van der Waals surface area contributed by atoms with Crippen LogP contribution in [0.2, 0.25) is 0 Å². The van der Waals surface area contributed by atoms with E-state index in [0.717, 1.165) is 16.9 Å². The highest BCUT2D eigenvalue weighted by Gasteiger charge is 2.34. The number of carbonyl (C=O) groups is 1. The molecule has 88 valence electrons. The van der Waals surface area contributed by atoms with Gasteiger partial charge in [-0.2, -0.15) is 0 Å². The lowest BCUT2D eigenvalue weighted by Gasteiger charge is -2.23. The molecule has 2 aliphatic rings. The topological polar surface area (TPSA) is 35.5 Å². The zero-order valence-corrected chi connectivity index (χ0v) is 10.3. The molecule has 2 heterocycles. The van der Waals surface area contributed by atoms with E-state index in [1.807, 2.05) is 19.1 Å². The van der Waals surface area contributed by atoms with E-state index in [1.165, 1.54) is 5.56 Å². The van der Waals surface area contributed by atoms with E-state index >= 15 is 0 Å². The number of cyclic esters (lactones) is 1. The summed E-state index contributed by atoms with van der Waals surface area (Å²) in [4.78, 5) is 11.4. The first kappa shape index (κ1) is 10.7. The highest BCUT2D eigenvalue weighted by molar-refractivity contribution is 7.99. The van der Waals surface area contributed by atoms with Crippen molar-refractivity contribution in [3.63, 3.8) is 0 Å². The maximum absolute atomic E-state index is 11.4. The fourth-order valence-corrected chi connectivity index (χ4v) is 2.95. The average Bonchev–Trinajstić information content (AvgIpc) is 2.72. The lowest BCUT2D eigenvalue weighted by Crippen LogP contribution is -2.12. The third kappa shape index (κ3) is 1.93. The van der Waals surface area contributed by atoms with Crippen molar-refractivity contribution in [2.45, 2.75) is 12.4 Å². The molecular formula is C13H12O3S. The van der Waals surface area contributed by atoms with Gasteiger partial charge in [0.1, 0.15) is 6.61 Å². The van der Waals surface area contributed by atoms with Crippen LogP contribution in [0.25, 0.3) is 0 Å². The first-order valence-corrected chi connectivity index (χ1v) is 6.53. The number of ether oxygens (including phenoxy) is 2. The van der Waals surface area contributed by atoms with Crippen molar-refractivity contribution in [1.29, 1.82) is 0 Å². The van der Waals surface area contributed by atoms with Crippen molar-refractivity contribution in [1.82, 2.24) is 0 Å². The third-order valence-electron chi connectivity index (χ3n) is 2.87. The van der Waals surface area contributed by atoms with E-state index in [1.54, 1.807) is 11.8 Å². The molecule has 1 aromatic carbocycles. The normalized spacial score (nSPS) is 23.1. The van der Waals surface area contributed by atoms with E-state index < -0.39 is 0 Å². The minimum absolute atomic E-state index is 0.0972. The Labute approximate surface area is 104 Å². The average molecular weight is 248 g/mol. The Bertz CT molecular complexity index is 490. The van der Waals surface area contributed by atoms with E-state index in [2.05, 4.69) is 12.1 Å². The highest BCUT2D eigenvalue weighted by Crippen LogP contribution is 2.40. The van der Waals surface area contributed by atoms with Crippen LogP contribution in [0.3, 0.4) is 0 Å². The fraction of sp³-hybridized carbons (Fsp3) is 0.308. The summed E-state index contributed by atoms with van der Waals surface area (Å²) < 4.78 is 10.7. The molecule has 3 nitrogen and oxygen atoms in total. The van der Waals surface area contributed by atoms with Gasteiger partial charge in [0.25, 0.3) is 0 Å². The van der Waals surface area contributed by atoms with Crippen LogP contribution in [-0.2, 0) is 14.3 Å². The summed E-state index contributed by atoms with van der Waals surface area (Å²) in [7, 11) is 0. The Kier molecular flexibility index (Phi) is 2.59. The van der Waals surface area contributed by atoms with Gasteiger partial charge in [0.2, 0.25) is 5.76 Å². The zero-order chi connectivity index (χ0) is 11.8. The summed E-state index contributed by atoms with van der Waals surface area (Å²) in [5.41, 5.74) is 3.19. The second-order valence-corrected chi connectivity index (χ2v) is 5.23. The van der Waals surface area contributed by atoms with Crippen LogP contribution in [0.5, 0.6) is 0 Å². The molecule has 0 fully saturated rings. The molecule has 0 spiro atoms. The molecule has 0 N–H and O–H groups in total. The summed E-state index contributed by atoms with van der Waals surface area (Å²) in [6.07, 6.45) is 0. The van der Waals surface area contributed by atoms with Crippen LogP contribution in [-0.4, -0.2) is 18.3 Å². The Morgan fingerprint density at radius 1 is 1.29 bits per heavy atom. The molecule has 4 heteroatoms. The van der Waals surface area contributed by atoms with E-state index in [-0.39, 0.29) is 11.4 Å². The molecule has 1 unspecified atom stereocenters. The standard InChI is InChI=1S/C13H12O3S/c1-8-2-4-9(5-3-8)13-16-11-10(7-17-13)6-15-12(11)14/h2-5,13H,6-7H2,1H3. The van der Waals surface area contributed by atoms with Crippen LogP contribution in [0.1, 0.15) is 16.6 Å². The molecular weight excluding hydrogens is 236 g/mol. The second kappa shape index (κ2) is 4.11. The van der Waals surface area contributed by atoms with Gasteiger partial charge in [0.05, 0.1) is 0 Å². The minimum Gasteiger partial charge on any atom is -0.467 e. The number of rotatable bonds is 1. The van der Waals surface area contributed by atoms with Crippen molar-refractivity contribution in [2.75, 3.05) is 12.4 Å². The molecule has 3 rings (SSSR count). The van der Waals surface area contributed by atoms with Crippen LogP contribution in [0.15, 0.2) is 35.6 Å². The van der Waals surface area contributed by atoms with Crippen LogP contribution in [0.4, 0.5) is 0 Å². The van der Waals surface area contributed by atoms with Crippen LogP contribution < -0.4 is 0 Å². The molecule has 0 aromatic heterocycles. The predicted octanol–water partition coefficient (Wildman–Crippen LogP) is 2.57. The monoisotopic (exact) mass is 248 g/mol. The zero-order valence-electron chi connectivity index (χ0n) is 9.43. The van der Waals surface area contributed by atoms with Crippen LogP contribution in [0, 0.1) is 6.92 Å². The molecule has 0 saturated heterocycles. The molecule has 0 bridgehead atoms. The Morgan fingerprint density at radius 2 is 2.06 bits per heavy atom. The van der Waals surface area contributed by atoms with E-state index in [4.69, 9.17) is 9.47 Å². The van der Waals surface area contributed by atoms with Gasteiger partial charge in [-0.25, -0.2) is 4.79 Å². The van der Waals surface area contributed by atoms with Gasteiger partial charge in [-0.1, -0.05) is 29.8 Å². The fourth-order valence-electron chi connectivity index (χ4n) is 1.87. The first-order valence-electron chi connectivity index (χ1n) is 5.48. The van der Waals surface area contributed by atoms with Crippen molar-refractivity contribution < 1.29 is 14.3 Å². The lowest BCUT2D eigenvalue weighted by atomic mass is 10.1. The van der Waals surface area contributed by atoms with Gasteiger partial charge in [0.15, 0.2) is 5.44 Å². The van der Waals surface area contributed by atoms with E-state index in [9.17, 15) is 4.79 Å². The molecule has 2 aliphatic heterocycles. The largest absolute Gasteiger partial charge is 0.467 e. The number of hydrogen-bond acceptors (Lipinski definition) is 4. The number of benzene rings is 1. The summed E-state index contributed by atoms with van der Waals surface area (Å²) in [6.45, 7) is 2.44. The van der Waals surface area contributed by atoms with Crippen molar-refractivity contribution in [3.8, 4) is 0 Å². The van der Waals surface area contributed by atoms with Crippen LogP contribution >= 0.6 is 11.8 Å². The van der Waals surface area contributed by atoms with Gasteiger partial charge in [-0.15, -0.1) is 11.8 Å². The number of esters is 1. The minimum atomic E-state index is -0.322. The van der Waals surface area contributed by atoms with E-state index in [0.29, 0.717) is 12.4 Å². The molecule has 0 saturated carbocycles. The van der Waals surface area contributed by atoms with Gasteiger partial charge in [-0.3, -0.25) is 0 Å². The van der Waals surface area contributed by atoms with Crippen molar-refractivity contribution in [2.24, 2.45) is 0 Å². The Morgan fingerprint density at radius 3 is 2.82 bits per heavy atom. The smallest absolute Gasteiger partial charge is 0.374 e. The van der Waals surface area contributed by atoms with Crippen molar-refractivity contribution >= 4 is 17.7 Å². The predicted molar refractivity (Wildman–Crippen MR) is 65.4 cm³/mol. The number of thioether (sulfide) groups is 1. The molecule has 0 amide bonds. The first-order chi connectivity index (χ1) is 8.24. The third-order valence-corrected chi connectivity index (χ3v) is 4.05. The summed E-state index contributed by atoms with van der Waals surface area (Å²) in [5, 5.41) is 0. The molecule has 17 heavy (non-hydrogen) atoms. The maximum Gasteiger partial charge on any atom is 0.374 e. The van der Waals surface area contributed by atoms with Gasteiger partial charge in [-0.05, 0) is 6.92 Å². The summed E-state index contributed by atoms with van der Waals surface area (Å²) in [5.74, 6) is 0.909. The molecule has 1 atom stereocenters. The maximum atomic E-state index is 11.4. The lowest BCUT2D eigenvalue weighted by molar-refractivity contribution is -0.139. The second-order valence-electron chi connectivity index (χ2n) is 4.18. The van der Waals surface area contributed by atoms with Gasteiger partial charge < -0.3 is 9.47 Å². The van der Waals surface area contributed by atoms with Crippen molar-refractivity contribution in [3.05, 3.63) is 46.7 Å².